The first-order chi connectivity index (χ1) is 13.7. The molecule has 0 spiro atoms. The number of rotatable bonds is 6. The predicted molar refractivity (Wildman–Crippen MR) is 108 cm³/mol. The van der Waals surface area contributed by atoms with Crippen molar-refractivity contribution in [2.24, 2.45) is 0 Å². The van der Waals surface area contributed by atoms with Crippen molar-refractivity contribution in [3.8, 4) is 22.8 Å². The molecule has 0 unspecified atom stereocenters. The summed E-state index contributed by atoms with van der Waals surface area (Å²) in [6, 6.07) is 16.8. The van der Waals surface area contributed by atoms with E-state index in [0.717, 1.165) is 22.6 Å². The maximum atomic E-state index is 12.1. The van der Waals surface area contributed by atoms with Gasteiger partial charge < -0.3 is 14.8 Å². The molecule has 1 aliphatic heterocycles. The number of carbonyl (C=O) groups excluding carboxylic acids is 1. The molecule has 0 radical (unpaired) electrons. The Morgan fingerprint density at radius 3 is 2.64 bits per heavy atom. The van der Waals surface area contributed by atoms with Gasteiger partial charge in [0.15, 0.2) is 11.5 Å². The van der Waals surface area contributed by atoms with E-state index in [1.165, 1.54) is 11.8 Å². The van der Waals surface area contributed by atoms with Gasteiger partial charge in [-0.1, -0.05) is 41.6 Å². The average Bonchev–Trinajstić information content (AvgIpc) is 3.19. The monoisotopic (exact) mass is 413 g/mol. The van der Waals surface area contributed by atoms with Crippen molar-refractivity contribution in [2.45, 2.75) is 11.6 Å². The van der Waals surface area contributed by atoms with Crippen molar-refractivity contribution in [1.82, 2.24) is 15.5 Å². The smallest absolute Gasteiger partial charge is 0.231 e. The molecule has 28 heavy (non-hydrogen) atoms. The van der Waals surface area contributed by atoms with Crippen molar-refractivity contribution in [1.29, 1.82) is 0 Å². The normalized spacial score (nSPS) is 12.0. The third-order valence-electron chi connectivity index (χ3n) is 4.06. The molecule has 1 amide bonds. The Morgan fingerprint density at radius 1 is 1.04 bits per heavy atom. The maximum absolute atomic E-state index is 12.1. The van der Waals surface area contributed by atoms with Crippen LogP contribution in [-0.4, -0.2) is 28.7 Å². The second-order valence-corrected chi connectivity index (χ2v) is 7.45. The van der Waals surface area contributed by atoms with Crippen molar-refractivity contribution in [3.05, 3.63) is 65.2 Å². The molecular weight excluding hydrogens is 398 g/mol. The molecule has 3 aromatic rings. The summed E-state index contributed by atoms with van der Waals surface area (Å²) in [4.78, 5) is 12.1. The van der Waals surface area contributed by atoms with Crippen LogP contribution in [0, 0.1) is 0 Å². The molecule has 0 aliphatic carbocycles. The Kier molecular flexibility index (Phi) is 5.64. The average molecular weight is 414 g/mol. The van der Waals surface area contributed by atoms with Gasteiger partial charge in [-0.3, -0.25) is 4.79 Å². The molecule has 6 nitrogen and oxygen atoms in total. The Hall–Kier alpha value is -2.77. The predicted octanol–water partition coefficient (Wildman–Crippen LogP) is 3.93. The van der Waals surface area contributed by atoms with Gasteiger partial charge in [-0.15, -0.1) is 10.2 Å². The molecule has 1 aromatic heterocycles. The fourth-order valence-electron chi connectivity index (χ4n) is 2.61. The van der Waals surface area contributed by atoms with Crippen molar-refractivity contribution >= 4 is 29.3 Å². The molecule has 1 N–H and O–H groups in total. The molecular formula is C20H16ClN3O3S. The van der Waals surface area contributed by atoms with Crippen LogP contribution in [0.2, 0.25) is 5.02 Å². The molecule has 142 valence electrons. The molecule has 0 saturated carbocycles. The summed E-state index contributed by atoms with van der Waals surface area (Å²) in [5, 5.41) is 12.6. The SMILES string of the molecule is O=C(CSc1ccc(-c2ccc(Cl)cc2)nn1)NCc1ccc2c(c1)OCO2. The number of amides is 1. The highest BCUT2D eigenvalue weighted by Crippen LogP contribution is 2.32. The van der Waals surface area contributed by atoms with E-state index in [1.807, 2.05) is 54.6 Å². The summed E-state index contributed by atoms with van der Waals surface area (Å²) in [6.45, 7) is 0.664. The first-order valence-electron chi connectivity index (χ1n) is 8.55. The number of hydrogen-bond donors (Lipinski definition) is 1. The molecule has 4 rings (SSSR count). The van der Waals surface area contributed by atoms with Gasteiger partial charge in [-0.2, -0.15) is 0 Å². The van der Waals surface area contributed by atoms with E-state index in [0.29, 0.717) is 22.3 Å². The Balaban J connectivity index is 1.27. The van der Waals surface area contributed by atoms with E-state index in [1.54, 1.807) is 0 Å². The lowest BCUT2D eigenvalue weighted by Crippen LogP contribution is -2.24. The number of benzene rings is 2. The first-order valence-corrected chi connectivity index (χ1v) is 9.91. The summed E-state index contributed by atoms with van der Waals surface area (Å²) in [5.41, 5.74) is 2.65. The first kappa shape index (κ1) is 18.6. The third-order valence-corrected chi connectivity index (χ3v) is 5.23. The van der Waals surface area contributed by atoms with Crippen LogP contribution in [-0.2, 0) is 11.3 Å². The van der Waals surface area contributed by atoms with Gasteiger partial charge in [0.1, 0.15) is 5.03 Å². The van der Waals surface area contributed by atoms with E-state index >= 15 is 0 Å². The largest absolute Gasteiger partial charge is 0.454 e. The van der Waals surface area contributed by atoms with Crippen LogP contribution in [0.5, 0.6) is 11.5 Å². The molecule has 2 heterocycles. The number of ether oxygens (including phenoxy) is 2. The number of fused-ring (bicyclic) bond motifs is 1. The van der Waals surface area contributed by atoms with E-state index in [2.05, 4.69) is 15.5 Å². The molecule has 1 aliphatic rings. The van der Waals surface area contributed by atoms with E-state index in [-0.39, 0.29) is 18.5 Å². The van der Waals surface area contributed by atoms with Crippen LogP contribution in [0.25, 0.3) is 11.3 Å². The van der Waals surface area contributed by atoms with Crippen molar-refractivity contribution < 1.29 is 14.3 Å². The quantitative estimate of drug-likeness (QED) is 0.617. The number of halogens is 1. The Morgan fingerprint density at radius 2 is 1.86 bits per heavy atom. The number of hydrogen-bond acceptors (Lipinski definition) is 6. The van der Waals surface area contributed by atoms with Gasteiger partial charge in [-0.25, -0.2) is 0 Å². The third kappa shape index (κ3) is 4.55. The molecule has 0 fully saturated rings. The number of nitrogens with one attached hydrogen (secondary N) is 1. The molecule has 8 heteroatoms. The van der Waals surface area contributed by atoms with Gasteiger partial charge >= 0.3 is 0 Å². The van der Waals surface area contributed by atoms with E-state index in [4.69, 9.17) is 21.1 Å². The fourth-order valence-corrected chi connectivity index (χ4v) is 3.38. The number of nitrogens with zero attached hydrogens (tertiary/aromatic N) is 2. The molecule has 0 bridgehead atoms. The topological polar surface area (TPSA) is 73.3 Å². The number of aromatic nitrogens is 2. The summed E-state index contributed by atoms with van der Waals surface area (Å²) >= 11 is 7.23. The van der Waals surface area contributed by atoms with Gasteiger partial charge in [-0.05, 0) is 42.0 Å². The minimum Gasteiger partial charge on any atom is -0.454 e. The zero-order valence-corrected chi connectivity index (χ0v) is 16.3. The molecule has 0 atom stereocenters. The molecule has 2 aromatic carbocycles. The van der Waals surface area contributed by atoms with Crippen molar-refractivity contribution in [2.75, 3.05) is 12.5 Å². The van der Waals surface area contributed by atoms with Gasteiger partial charge in [0.2, 0.25) is 12.7 Å². The highest BCUT2D eigenvalue weighted by Gasteiger charge is 2.13. The van der Waals surface area contributed by atoms with Crippen LogP contribution < -0.4 is 14.8 Å². The second kappa shape index (κ2) is 8.50. The lowest BCUT2D eigenvalue weighted by Gasteiger charge is -2.06. The highest BCUT2D eigenvalue weighted by atomic mass is 35.5. The number of carbonyl (C=O) groups is 1. The van der Waals surface area contributed by atoms with Crippen molar-refractivity contribution in [3.63, 3.8) is 0 Å². The summed E-state index contributed by atoms with van der Waals surface area (Å²) in [5.74, 6) is 1.62. The minimum absolute atomic E-state index is 0.0776. The maximum Gasteiger partial charge on any atom is 0.231 e. The summed E-state index contributed by atoms with van der Waals surface area (Å²) < 4.78 is 10.6. The van der Waals surface area contributed by atoms with Crippen LogP contribution in [0.1, 0.15) is 5.56 Å². The molecule has 0 saturated heterocycles. The van der Waals surface area contributed by atoms with Crippen LogP contribution in [0.15, 0.2) is 59.6 Å². The van der Waals surface area contributed by atoms with E-state index in [9.17, 15) is 4.79 Å². The zero-order valence-electron chi connectivity index (χ0n) is 14.7. The Bertz CT molecular complexity index is 981. The second-order valence-electron chi connectivity index (χ2n) is 6.02. The number of thioether (sulfide) groups is 1. The van der Waals surface area contributed by atoms with Gasteiger partial charge in [0.25, 0.3) is 0 Å². The standard InChI is InChI=1S/C20H16ClN3O3S/c21-15-4-2-14(3-5-15)16-6-8-20(24-23-16)28-11-19(25)22-10-13-1-7-17-18(9-13)27-12-26-17/h1-9H,10-12H2,(H,22,25). The Labute approximate surface area is 171 Å². The zero-order chi connectivity index (χ0) is 19.3. The lowest BCUT2D eigenvalue weighted by molar-refractivity contribution is -0.118. The fraction of sp³-hybridized carbons (Fsp3) is 0.150. The summed E-state index contributed by atoms with van der Waals surface area (Å²) in [7, 11) is 0. The summed E-state index contributed by atoms with van der Waals surface area (Å²) in [6.07, 6.45) is 0. The van der Waals surface area contributed by atoms with Crippen LogP contribution >= 0.6 is 23.4 Å². The highest BCUT2D eigenvalue weighted by molar-refractivity contribution is 7.99. The minimum atomic E-state index is -0.0776. The van der Waals surface area contributed by atoms with Crippen LogP contribution in [0.4, 0.5) is 0 Å². The van der Waals surface area contributed by atoms with Crippen LogP contribution in [0.3, 0.4) is 0 Å². The van der Waals surface area contributed by atoms with E-state index < -0.39 is 0 Å². The lowest BCUT2D eigenvalue weighted by atomic mass is 10.1. The van der Waals surface area contributed by atoms with Gasteiger partial charge in [0, 0.05) is 17.1 Å². The van der Waals surface area contributed by atoms with Gasteiger partial charge in [0.05, 0.1) is 11.4 Å².